The Balaban J connectivity index is 1.99. The molecule has 0 N–H and O–H groups in total. The van der Waals surface area contributed by atoms with Gasteiger partial charge in [0.1, 0.15) is 0 Å². The van der Waals surface area contributed by atoms with Crippen molar-refractivity contribution < 1.29 is 0 Å². The number of benzene rings is 2. The van der Waals surface area contributed by atoms with Gasteiger partial charge in [-0.15, -0.1) is 0 Å². The fourth-order valence-corrected chi connectivity index (χ4v) is 3.79. The summed E-state index contributed by atoms with van der Waals surface area (Å²) in [5.74, 6) is 0.237. The SMILES string of the molecule is CN1C2=CC=CC(c3ccccc3)C2=C(C=S)c2ccccc21. The van der Waals surface area contributed by atoms with Gasteiger partial charge in [0.25, 0.3) is 0 Å². The molecule has 1 aliphatic heterocycles. The Kier molecular flexibility index (Phi) is 3.47. The molecule has 112 valence electrons. The summed E-state index contributed by atoms with van der Waals surface area (Å²) in [6.45, 7) is 0. The van der Waals surface area contributed by atoms with E-state index in [-0.39, 0.29) is 5.92 Å². The number of hydrogen-bond donors (Lipinski definition) is 0. The third-order valence-corrected chi connectivity index (χ3v) is 4.86. The summed E-state index contributed by atoms with van der Waals surface area (Å²) in [6, 6.07) is 19.1. The number of allylic oxidation sites excluding steroid dienone is 5. The molecule has 0 saturated heterocycles. The minimum absolute atomic E-state index is 0.237. The van der Waals surface area contributed by atoms with Crippen molar-refractivity contribution in [1.29, 1.82) is 0 Å². The predicted molar refractivity (Wildman–Crippen MR) is 102 cm³/mol. The molecule has 4 rings (SSSR count). The Bertz CT molecular complexity index is 858. The number of hydrogen-bond acceptors (Lipinski definition) is 2. The highest BCUT2D eigenvalue weighted by Gasteiger charge is 2.31. The average Bonchev–Trinajstić information content (AvgIpc) is 2.63. The Morgan fingerprint density at radius 3 is 2.52 bits per heavy atom. The summed E-state index contributed by atoms with van der Waals surface area (Å²) in [4.78, 5) is 2.27. The fraction of sp³-hybridized carbons (Fsp3) is 0.0952. The lowest BCUT2D eigenvalue weighted by Gasteiger charge is -2.37. The molecule has 1 aliphatic carbocycles. The van der Waals surface area contributed by atoms with Crippen molar-refractivity contribution >= 4 is 28.8 Å². The van der Waals surface area contributed by atoms with Gasteiger partial charge in [0.2, 0.25) is 0 Å². The van der Waals surface area contributed by atoms with Gasteiger partial charge in [0, 0.05) is 40.9 Å². The van der Waals surface area contributed by atoms with E-state index in [2.05, 4.69) is 84.8 Å². The Morgan fingerprint density at radius 2 is 1.74 bits per heavy atom. The molecular formula is C21H17NS. The summed E-state index contributed by atoms with van der Waals surface area (Å²) < 4.78 is 0. The van der Waals surface area contributed by atoms with Gasteiger partial charge in [0.05, 0.1) is 0 Å². The number of thiocarbonyl (C=S) groups is 1. The molecule has 1 atom stereocenters. The quantitative estimate of drug-likeness (QED) is 0.707. The van der Waals surface area contributed by atoms with Crippen molar-refractivity contribution in [2.24, 2.45) is 0 Å². The molecule has 0 aromatic heterocycles. The molecule has 23 heavy (non-hydrogen) atoms. The third-order valence-electron chi connectivity index (χ3n) is 4.63. The van der Waals surface area contributed by atoms with Gasteiger partial charge >= 0.3 is 0 Å². The Morgan fingerprint density at radius 1 is 1.00 bits per heavy atom. The van der Waals surface area contributed by atoms with E-state index in [1.165, 1.54) is 28.1 Å². The molecule has 2 aliphatic rings. The van der Waals surface area contributed by atoms with E-state index < -0.39 is 0 Å². The lowest BCUT2D eigenvalue weighted by Crippen LogP contribution is -2.27. The monoisotopic (exact) mass is 315 g/mol. The van der Waals surface area contributed by atoms with Crippen molar-refractivity contribution in [1.82, 2.24) is 0 Å². The maximum atomic E-state index is 5.41. The van der Waals surface area contributed by atoms with Crippen molar-refractivity contribution in [2.75, 3.05) is 11.9 Å². The van der Waals surface area contributed by atoms with Gasteiger partial charge in [0.15, 0.2) is 0 Å². The van der Waals surface area contributed by atoms with Crippen LogP contribution >= 0.6 is 12.2 Å². The van der Waals surface area contributed by atoms with Gasteiger partial charge in [-0.1, -0.05) is 72.9 Å². The molecule has 0 saturated carbocycles. The van der Waals surface area contributed by atoms with Gasteiger partial charge < -0.3 is 4.90 Å². The van der Waals surface area contributed by atoms with Gasteiger partial charge in [-0.25, -0.2) is 0 Å². The molecule has 0 bridgehead atoms. The van der Waals surface area contributed by atoms with E-state index in [9.17, 15) is 0 Å². The predicted octanol–water partition coefficient (Wildman–Crippen LogP) is 5.13. The normalized spacial score (nSPS) is 19.1. The smallest absolute Gasteiger partial charge is 0.0488 e. The van der Waals surface area contributed by atoms with Crippen LogP contribution in [0.4, 0.5) is 5.69 Å². The van der Waals surface area contributed by atoms with Crippen LogP contribution in [0.3, 0.4) is 0 Å². The lowest BCUT2D eigenvalue weighted by atomic mass is 9.79. The van der Waals surface area contributed by atoms with E-state index in [0.29, 0.717) is 0 Å². The van der Waals surface area contributed by atoms with Crippen molar-refractivity contribution in [3.05, 3.63) is 95.2 Å². The maximum Gasteiger partial charge on any atom is 0.0488 e. The van der Waals surface area contributed by atoms with Crippen molar-refractivity contribution in [2.45, 2.75) is 5.92 Å². The Labute approximate surface area is 142 Å². The lowest BCUT2D eigenvalue weighted by molar-refractivity contribution is 0.938. The maximum absolute atomic E-state index is 5.41. The zero-order valence-electron chi connectivity index (χ0n) is 12.9. The number of anilines is 1. The van der Waals surface area contributed by atoms with Crippen molar-refractivity contribution in [3.63, 3.8) is 0 Å². The van der Waals surface area contributed by atoms with Gasteiger partial charge in [-0.05, 0) is 23.3 Å². The largest absolute Gasteiger partial charge is 0.344 e. The molecule has 0 spiro atoms. The number of nitrogens with zero attached hydrogens (tertiary/aromatic N) is 1. The van der Waals surface area contributed by atoms with Crippen LogP contribution in [0.1, 0.15) is 17.0 Å². The molecule has 1 heterocycles. The van der Waals surface area contributed by atoms with Crippen LogP contribution in [0.25, 0.3) is 5.57 Å². The minimum atomic E-state index is 0.237. The molecule has 0 amide bonds. The first kappa shape index (κ1) is 14.2. The second kappa shape index (κ2) is 5.64. The zero-order valence-corrected chi connectivity index (χ0v) is 13.8. The number of fused-ring (bicyclic) bond motifs is 2. The topological polar surface area (TPSA) is 3.24 Å². The summed E-state index contributed by atoms with van der Waals surface area (Å²) in [5.41, 5.74) is 7.42. The first-order chi connectivity index (χ1) is 11.3. The van der Waals surface area contributed by atoms with Crippen molar-refractivity contribution in [3.8, 4) is 0 Å². The minimum Gasteiger partial charge on any atom is -0.344 e. The molecule has 0 fully saturated rings. The Hall–Kier alpha value is -2.45. The van der Waals surface area contributed by atoms with Crippen LogP contribution in [-0.4, -0.2) is 12.4 Å². The summed E-state index contributed by atoms with van der Waals surface area (Å²) in [5, 5.41) is 1.84. The van der Waals surface area contributed by atoms with Crippen LogP contribution < -0.4 is 4.90 Å². The average molecular weight is 315 g/mol. The fourth-order valence-electron chi connectivity index (χ4n) is 3.53. The van der Waals surface area contributed by atoms with Gasteiger partial charge in [-0.3, -0.25) is 0 Å². The first-order valence-electron chi connectivity index (χ1n) is 7.77. The highest BCUT2D eigenvalue weighted by atomic mass is 32.1. The van der Waals surface area contributed by atoms with Crippen LogP contribution in [0.15, 0.2) is 84.1 Å². The van der Waals surface area contributed by atoms with E-state index in [1.54, 1.807) is 0 Å². The van der Waals surface area contributed by atoms with Gasteiger partial charge in [-0.2, -0.15) is 0 Å². The highest BCUT2D eigenvalue weighted by Crippen LogP contribution is 2.46. The van der Waals surface area contributed by atoms with E-state index in [4.69, 9.17) is 12.2 Å². The zero-order chi connectivity index (χ0) is 15.8. The summed E-state index contributed by atoms with van der Waals surface area (Å²) in [7, 11) is 2.13. The molecule has 1 nitrogen and oxygen atoms in total. The summed E-state index contributed by atoms with van der Waals surface area (Å²) in [6.07, 6.45) is 6.60. The van der Waals surface area contributed by atoms with E-state index in [1.807, 2.05) is 5.37 Å². The second-order valence-electron chi connectivity index (χ2n) is 5.85. The van der Waals surface area contributed by atoms with E-state index in [0.717, 1.165) is 5.57 Å². The van der Waals surface area contributed by atoms with Crippen LogP contribution in [0, 0.1) is 0 Å². The second-order valence-corrected chi connectivity index (χ2v) is 6.08. The highest BCUT2D eigenvalue weighted by molar-refractivity contribution is 7.79. The molecule has 1 unspecified atom stereocenters. The van der Waals surface area contributed by atoms with Crippen LogP contribution in [0.5, 0.6) is 0 Å². The van der Waals surface area contributed by atoms with Crippen LogP contribution in [-0.2, 0) is 0 Å². The third kappa shape index (κ3) is 2.18. The van der Waals surface area contributed by atoms with E-state index >= 15 is 0 Å². The molecule has 2 aromatic carbocycles. The molecular weight excluding hydrogens is 298 g/mol. The molecule has 0 radical (unpaired) electrons. The number of likely N-dealkylation sites (N-methyl/N-ethyl adjacent to an activating group) is 1. The molecule has 2 heteroatoms. The van der Waals surface area contributed by atoms with Crippen LogP contribution in [0.2, 0.25) is 0 Å². The number of rotatable bonds is 2. The summed E-state index contributed by atoms with van der Waals surface area (Å²) >= 11 is 5.41. The number of para-hydroxylation sites is 1. The standard InChI is InChI=1S/C21H17NS/c1-22-19-12-6-5-10-17(19)18(14-23)21-16(11-7-13-20(21)22)15-8-3-2-4-9-15/h2-14,16H,1H3. The first-order valence-corrected chi connectivity index (χ1v) is 8.24. The molecule has 2 aromatic rings.